The summed E-state index contributed by atoms with van der Waals surface area (Å²) in [5.41, 5.74) is 1.39. The summed E-state index contributed by atoms with van der Waals surface area (Å²) >= 11 is 1.32. The molecule has 1 N–H and O–H groups in total. The van der Waals surface area contributed by atoms with Gasteiger partial charge in [0.1, 0.15) is 23.6 Å². The average Bonchev–Trinajstić information content (AvgIpc) is 3.39. The number of ether oxygens (including phenoxy) is 3. The van der Waals surface area contributed by atoms with Crippen LogP contribution in [-0.2, 0) is 4.79 Å². The Morgan fingerprint density at radius 3 is 2.93 bits per heavy atom. The molecule has 0 saturated heterocycles. The number of hydrogen-bond donors (Lipinski definition) is 1. The van der Waals surface area contributed by atoms with Crippen molar-refractivity contribution in [2.45, 2.75) is 6.10 Å². The van der Waals surface area contributed by atoms with E-state index in [0.717, 1.165) is 16.7 Å². The molecule has 0 aliphatic carbocycles. The van der Waals surface area contributed by atoms with Gasteiger partial charge in [0.2, 0.25) is 6.10 Å². The molecule has 0 bridgehead atoms. The van der Waals surface area contributed by atoms with Crippen LogP contribution < -0.4 is 19.5 Å². The normalized spacial score (nSPS) is 15.3. The van der Waals surface area contributed by atoms with Gasteiger partial charge in [0, 0.05) is 10.8 Å². The zero-order valence-corrected chi connectivity index (χ0v) is 16.2. The largest absolute Gasteiger partial charge is 0.497 e. The van der Waals surface area contributed by atoms with E-state index in [2.05, 4.69) is 10.3 Å². The second-order valence-corrected chi connectivity index (χ2v) is 7.26. The van der Waals surface area contributed by atoms with E-state index in [1.165, 1.54) is 11.3 Å². The first-order valence-electron chi connectivity index (χ1n) is 8.92. The van der Waals surface area contributed by atoms with Gasteiger partial charge in [0.15, 0.2) is 22.4 Å². The van der Waals surface area contributed by atoms with Crippen molar-refractivity contribution < 1.29 is 23.4 Å². The number of carbonyl (C=O) groups excluding carboxylic acids is 1. The third kappa shape index (κ3) is 3.38. The Morgan fingerprint density at radius 1 is 1.21 bits per heavy atom. The monoisotopic (exact) mass is 408 g/mol. The third-order valence-electron chi connectivity index (χ3n) is 4.51. The number of furan rings is 1. The van der Waals surface area contributed by atoms with Gasteiger partial charge in [-0.05, 0) is 36.4 Å². The molecule has 1 aliphatic rings. The number of nitrogens with zero attached hydrogens (tertiary/aromatic N) is 1. The van der Waals surface area contributed by atoms with Crippen LogP contribution in [0.2, 0.25) is 0 Å². The summed E-state index contributed by atoms with van der Waals surface area (Å²) < 4.78 is 22.4. The zero-order valence-electron chi connectivity index (χ0n) is 15.4. The molecular weight excluding hydrogens is 392 g/mol. The molecule has 1 atom stereocenters. The van der Waals surface area contributed by atoms with Crippen LogP contribution in [0.5, 0.6) is 17.2 Å². The number of nitrogens with one attached hydrogen (secondary N) is 1. The molecule has 0 fully saturated rings. The van der Waals surface area contributed by atoms with Gasteiger partial charge < -0.3 is 18.6 Å². The van der Waals surface area contributed by atoms with E-state index in [1.807, 2.05) is 41.8 Å². The van der Waals surface area contributed by atoms with Crippen LogP contribution in [-0.4, -0.2) is 30.7 Å². The number of para-hydroxylation sites is 2. The molecule has 146 valence electrons. The number of fused-ring (bicyclic) bond motifs is 2. The second kappa shape index (κ2) is 7.14. The number of benzene rings is 2. The fourth-order valence-electron chi connectivity index (χ4n) is 3.05. The molecule has 29 heavy (non-hydrogen) atoms. The maximum Gasteiger partial charge on any atom is 0.270 e. The molecule has 2 aromatic heterocycles. The van der Waals surface area contributed by atoms with Gasteiger partial charge in [-0.3, -0.25) is 10.1 Å². The van der Waals surface area contributed by atoms with Crippen molar-refractivity contribution >= 4 is 33.3 Å². The van der Waals surface area contributed by atoms with Crippen LogP contribution in [0.3, 0.4) is 0 Å². The number of anilines is 1. The van der Waals surface area contributed by atoms with Crippen molar-refractivity contribution in [1.29, 1.82) is 0 Å². The smallest absolute Gasteiger partial charge is 0.270 e. The molecule has 0 saturated carbocycles. The molecular formula is C21H16N2O5S. The lowest BCUT2D eigenvalue weighted by atomic mass is 10.2. The van der Waals surface area contributed by atoms with Crippen molar-refractivity contribution in [2.24, 2.45) is 0 Å². The number of carbonyl (C=O) groups is 1. The zero-order chi connectivity index (χ0) is 19.8. The number of methoxy groups -OCH3 is 1. The average molecular weight is 408 g/mol. The predicted molar refractivity (Wildman–Crippen MR) is 109 cm³/mol. The Bertz CT molecular complexity index is 1200. The number of rotatable bonds is 4. The van der Waals surface area contributed by atoms with E-state index in [4.69, 9.17) is 18.6 Å². The van der Waals surface area contributed by atoms with Crippen LogP contribution in [0.15, 0.2) is 58.3 Å². The van der Waals surface area contributed by atoms with Gasteiger partial charge in [-0.25, -0.2) is 4.98 Å². The first-order valence-corrected chi connectivity index (χ1v) is 9.80. The lowest BCUT2D eigenvalue weighted by Crippen LogP contribution is -2.40. The highest BCUT2D eigenvalue weighted by Crippen LogP contribution is 2.33. The highest BCUT2D eigenvalue weighted by molar-refractivity contribution is 7.14. The Balaban J connectivity index is 1.31. The van der Waals surface area contributed by atoms with Crippen molar-refractivity contribution in [3.63, 3.8) is 0 Å². The van der Waals surface area contributed by atoms with Gasteiger partial charge in [0.25, 0.3) is 5.91 Å². The minimum Gasteiger partial charge on any atom is -0.497 e. The van der Waals surface area contributed by atoms with E-state index in [-0.39, 0.29) is 12.5 Å². The van der Waals surface area contributed by atoms with Crippen LogP contribution >= 0.6 is 11.3 Å². The van der Waals surface area contributed by atoms with Crippen molar-refractivity contribution in [3.05, 3.63) is 53.9 Å². The van der Waals surface area contributed by atoms with Crippen LogP contribution in [0.4, 0.5) is 5.13 Å². The maximum atomic E-state index is 12.5. The molecule has 4 aromatic rings. The lowest BCUT2D eigenvalue weighted by molar-refractivity contribution is -0.125. The van der Waals surface area contributed by atoms with E-state index in [9.17, 15) is 4.79 Å². The molecule has 7 nitrogen and oxygen atoms in total. The van der Waals surface area contributed by atoms with Gasteiger partial charge in [0.05, 0.1) is 7.11 Å². The number of hydrogen-bond acceptors (Lipinski definition) is 7. The summed E-state index contributed by atoms with van der Waals surface area (Å²) in [4.78, 5) is 17.0. The lowest BCUT2D eigenvalue weighted by Gasteiger charge is -2.25. The molecule has 3 heterocycles. The SMILES string of the molecule is COc1ccc2oc(-c3csc(NC(=O)[C@@H]4COc5ccccc5O4)n3)cc2c1. The molecule has 1 amide bonds. The Kier molecular flexibility index (Phi) is 4.33. The van der Waals surface area contributed by atoms with Gasteiger partial charge in [-0.15, -0.1) is 11.3 Å². The second-order valence-electron chi connectivity index (χ2n) is 6.41. The molecule has 2 aromatic carbocycles. The third-order valence-corrected chi connectivity index (χ3v) is 5.27. The minimum absolute atomic E-state index is 0.145. The van der Waals surface area contributed by atoms with Crippen molar-refractivity contribution in [2.75, 3.05) is 19.0 Å². The van der Waals surface area contributed by atoms with Crippen molar-refractivity contribution in [3.8, 4) is 28.7 Å². The fourth-order valence-corrected chi connectivity index (χ4v) is 3.76. The molecule has 0 spiro atoms. The van der Waals surface area contributed by atoms with E-state index in [1.54, 1.807) is 19.2 Å². The van der Waals surface area contributed by atoms with Gasteiger partial charge >= 0.3 is 0 Å². The van der Waals surface area contributed by atoms with Gasteiger partial charge in [-0.2, -0.15) is 0 Å². The summed E-state index contributed by atoms with van der Waals surface area (Å²) in [5.74, 6) is 2.25. The van der Waals surface area contributed by atoms with Gasteiger partial charge in [-0.1, -0.05) is 12.1 Å². The molecule has 0 radical (unpaired) electrons. The summed E-state index contributed by atoms with van der Waals surface area (Å²) in [6, 6.07) is 14.7. The molecule has 8 heteroatoms. The maximum absolute atomic E-state index is 12.5. The first kappa shape index (κ1) is 17.6. The Hall–Kier alpha value is -3.52. The number of amides is 1. The fraction of sp³-hybridized carbons (Fsp3) is 0.143. The summed E-state index contributed by atoms with van der Waals surface area (Å²) in [6.07, 6.45) is -0.740. The Labute approximate surface area is 169 Å². The number of aromatic nitrogens is 1. The van der Waals surface area contributed by atoms with E-state index >= 15 is 0 Å². The Morgan fingerprint density at radius 2 is 2.07 bits per heavy atom. The minimum atomic E-state index is -0.740. The molecule has 5 rings (SSSR count). The summed E-state index contributed by atoms with van der Waals surface area (Å²) in [7, 11) is 1.62. The van der Waals surface area contributed by atoms with E-state index < -0.39 is 6.10 Å². The topological polar surface area (TPSA) is 82.8 Å². The number of thiazole rings is 1. The summed E-state index contributed by atoms with van der Waals surface area (Å²) in [6.45, 7) is 0.145. The highest BCUT2D eigenvalue weighted by atomic mass is 32.1. The van der Waals surface area contributed by atoms with E-state index in [0.29, 0.717) is 28.1 Å². The standard InChI is InChI=1S/C21H16N2O5S/c1-25-13-6-7-15-12(8-13)9-18(27-15)14-11-29-21(22-14)23-20(24)19-10-26-16-4-2-3-5-17(16)28-19/h2-9,11,19H,10H2,1H3,(H,22,23,24)/t19-/m0/s1. The van der Waals surface area contributed by atoms with Crippen LogP contribution in [0.25, 0.3) is 22.4 Å². The first-order chi connectivity index (χ1) is 14.2. The summed E-state index contributed by atoms with van der Waals surface area (Å²) in [5, 5.41) is 6.00. The molecule has 0 unspecified atom stereocenters. The van der Waals surface area contributed by atoms with Crippen LogP contribution in [0, 0.1) is 0 Å². The highest BCUT2D eigenvalue weighted by Gasteiger charge is 2.28. The predicted octanol–water partition coefficient (Wildman–Crippen LogP) is 4.34. The quantitative estimate of drug-likeness (QED) is 0.541. The van der Waals surface area contributed by atoms with Crippen LogP contribution in [0.1, 0.15) is 0 Å². The van der Waals surface area contributed by atoms with Crippen molar-refractivity contribution in [1.82, 2.24) is 4.98 Å². The molecule has 1 aliphatic heterocycles.